The first kappa shape index (κ1) is 31.7. The maximum atomic E-state index is 6.96. The minimum atomic E-state index is -0.639. The Hall–Kier alpha value is -6.84. The molecule has 11 rings (SSSR count). The van der Waals surface area contributed by atoms with Crippen LogP contribution in [0.2, 0.25) is 0 Å². The summed E-state index contributed by atoms with van der Waals surface area (Å²) in [7, 11) is 0. The van der Waals surface area contributed by atoms with Crippen LogP contribution in [-0.4, -0.2) is 0 Å². The Balaban J connectivity index is 1.13. The van der Waals surface area contributed by atoms with E-state index in [0.29, 0.717) is 0 Å². The average Bonchev–Trinajstić information content (AvgIpc) is 3.46. The molecular weight excluding hydrogens is 671 g/mol. The van der Waals surface area contributed by atoms with Gasteiger partial charge >= 0.3 is 0 Å². The van der Waals surface area contributed by atoms with E-state index in [1.54, 1.807) is 0 Å². The van der Waals surface area contributed by atoms with Crippen LogP contribution in [0.1, 0.15) is 47.2 Å². The van der Waals surface area contributed by atoms with Crippen molar-refractivity contribution in [2.45, 2.75) is 24.7 Å². The third-order valence-electron chi connectivity index (χ3n) is 12.0. The lowest BCUT2D eigenvalue weighted by molar-refractivity contribution is 0.399. The molecule has 8 aromatic carbocycles. The molecule has 3 nitrogen and oxygen atoms in total. The van der Waals surface area contributed by atoms with Gasteiger partial charge in [0.05, 0.1) is 5.41 Å². The predicted molar refractivity (Wildman–Crippen MR) is 223 cm³/mol. The smallest absolute Gasteiger partial charge is 0.134 e. The van der Waals surface area contributed by atoms with E-state index in [-0.39, 0.29) is 5.41 Å². The molecule has 0 amide bonds. The highest BCUT2D eigenvalue weighted by atomic mass is 16.5. The monoisotopic (exact) mass is 707 g/mol. The molecule has 2 heterocycles. The van der Waals surface area contributed by atoms with Crippen molar-refractivity contribution in [1.29, 1.82) is 0 Å². The molecule has 0 radical (unpaired) electrons. The highest BCUT2D eigenvalue weighted by molar-refractivity contribution is 5.87. The van der Waals surface area contributed by atoms with Crippen LogP contribution in [0.5, 0.6) is 23.0 Å². The molecule has 1 spiro atoms. The molecule has 3 heteroatoms. The SMILES string of the molecule is CC1(C)c2ccccc2-c2ccc(N(c3ccc(-c4ccccc4)cc3)c3ccc4c(c3)Oc3ccccc3C43c4ccccc4Oc4ccccc43)cc21. The number of ether oxygens (including phenoxy) is 2. The van der Waals surface area contributed by atoms with Crippen molar-refractivity contribution in [1.82, 2.24) is 0 Å². The highest BCUT2D eigenvalue weighted by Gasteiger charge is 2.50. The molecule has 55 heavy (non-hydrogen) atoms. The van der Waals surface area contributed by atoms with Crippen LogP contribution in [0.25, 0.3) is 22.3 Å². The summed E-state index contributed by atoms with van der Waals surface area (Å²) in [6.07, 6.45) is 0. The third-order valence-corrected chi connectivity index (χ3v) is 12.0. The highest BCUT2D eigenvalue weighted by Crippen LogP contribution is 2.62. The number of anilines is 3. The van der Waals surface area contributed by atoms with E-state index in [9.17, 15) is 0 Å². The van der Waals surface area contributed by atoms with Gasteiger partial charge in [0.1, 0.15) is 23.0 Å². The standard InChI is InChI=1S/C52H37NO2/c1-51(2)41-17-7-6-16-39(41)40-30-28-37(32-46(40)51)53(36-26-24-35(25-27-36)34-14-4-3-5-15-34)38-29-31-45-50(33-38)55-49-23-13-10-20-44(49)52(45)42-18-8-11-21-47(42)54-48-22-12-9-19-43(48)52/h3-33H,1-2H3. The molecule has 0 N–H and O–H groups in total. The maximum Gasteiger partial charge on any atom is 0.134 e. The quantitative estimate of drug-likeness (QED) is 0.182. The summed E-state index contributed by atoms with van der Waals surface area (Å²) in [5.74, 6) is 3.38. The molecule has 3 aliphatic rings. The summed E-state index contributed by atoms with van der Waals surface area (Å²) in [6, 6.07) is 67.4. The first-order chi connectivity index (χ1) is 27.0. The molecular formula is C52H37NO2. The first-order valence-corrected chi connectivity index (χ1v) is 19.0. The summed E-state index contributed by atoms with van der Waals surface area (Å²) in [5.41, 5.74) is 14.5. The summed E-state index contributed by atoms with van der Waals surface area (Å²) in [6.45, 7) is 4.68. The average molecular weight is 708 g/mol. The number of rotatable bonds is 4. The number of benzene rings is 8. The molecule has 2 aliphatic heterocycles. The second-order valence-electron chi connectivity index (χ2n) is 15.3. The van der Waals surface area contributed by atoms with Gasteiger partial charge in [0.15, 0.2) is 0 Å². The Labute approximate surface area is 321 Å². The number of hydrogen-bond acceptors (Lipinski definition) is 3. The van der Waals surface area contributed by atoms with Crippen molar-refractivity contribution in [2.75, 3.05) is 4.90 Å². The van der Waals surface area contributed by atoms with E-state index in [0.717, 1.165) is 62.3 Å². The van der Waals surface area contributed by atoms with Crippen LogP contribution in [0.15, 0.2) is 188 Å². The van der Waals surface area contributed by atoms with Gasteiger partial charge in [-0.05, 0) is 81.9 Å². The summed E-state index contributed by atoms with van der Waals surface area (Å²) in [4.78, 5) is 2.37. The van der Waals surface area contributed by atoms with Gasteiger partial charge < -0.3 is 14.4 Å². The van der Waals surface area contributed by atoms with E-state index in [1.165, 1.54) is 33.4 Å². The van der Waals surface area contributed by atoms with Gasteiger partial charge in [0.25, 0.3) is 0 Å². The zero-order valence-electron chi connectivity index (χ0n) is 30.7. The van der Waals surface area contributed by atoms with Gasteiger partial charge in [0.2, 0.25) is 0 Å². The number of para-hydroxylation sites is 3. The fourth-order valence-corrected chi connectivity index (χ4v) is 9.46. The van der Waals surface area contributed by atoms with Crippen molar-refractivity contribution in [3.63, 3.8) is 0 Å². The van der Waals surface area contributed by atoms with Crippen molar-refractivity contribution < 1.29 is 9.47 Å². The second kappa shape index (κ2) is 11.8. The zero-order valence-corrected chi connectivity index (χ0v) is 30.7. The lowest BCUT2D eigenvalue weighted by Crippen LogP contribution is -2.36. The Morgan fingerprint density at radius 3 is 1.45 bits per heavy atom. The number of fused-ring (bicyclic) bond motifs is 11. The fraction of sp³-hybridized carbons (Fsp3) is 0.0769. The molecule has 0 fully saturated rings. The minimum absolute atomic E-state index is 0.135. The molecule has 262 valence electrons. The van der Waals surface area contributed by atoms with E-state index >= 15 is 0 Å². The summed E-state index contributed by atoms with van der Waals surface area (Å²) in [5, 5.41) is 0. The van der Waals surface area contributed by atoms with Gasteiger partial charge in [-0.3, -0.25) is 0 Å². The van der Waals surface area contributed by atoms with Crippen molar-refractivity contribution in [3.8, 4) is 45.3 Å². The van der Waals surface area contributed by atoms with Gasteiger partial charge in [-0.1, -0.05) is 147 Å². The lowest BCUT2D eigenvalue weighted by atomic mass is 9.62. The minimum Gasteiger partial charge on any atom is -0.457 e. The number of hydrogen-bond donors (Lipinski definition) is 0. The van der Waals surface area contributed by atoms with Crippen LogP contribution >= 0.6 is 0 Å². The van der Waals surface area contributed by atoms with Gasteiger partial charge in [0, 0.05) is 50.8 Å². The maximum absolute atomic E-state index is 6.96. The molecule has 0 saturated carbocycles. The van der Waals surface area contributed by atoms with Gasteiger partial charge in [-0.25, -0.2) is 0 Å². The normalized spacial score (nSPS) is 14.6. The van der Waals surface area contributed by atoms with Crippen molar-refractivity contribution in [2.24, 2.45) is 0 Å². The topological polar surface area (TPSA) is 21.7 Å². The van der Waals surface area contributed by atoms with Crippen LogP contribution in [0.3, 0.4) is 0 Å². The summed E-state index contributed by atoms with van der Waals surface area (Å²) >= 11 is 0. The Morgan fingerprint density at radius 1 is 0.345 bits per heavy atom. The number of nitrogens with zero attached hydrogens (tertiary/aromatic N) is 1. The van der Waals surface area contributed by atoms with E-state index in [1.807, 2.05) is 12.1 Å². The lowest BCUT2D eigenvalue weighted by Gasteiger charge is -2.45. The van der Waals surface area contributed by atoms with Crippen LogP contribution in [0.4, 0.5) is 17.1 Å². The Bertz CT molecular complexity index is 2740. The summed E-state index contributed by atoms with van der Waals surface area (Å²) < 4.78 is 13.5. The zero-order chi connectivity index (χ0) is 36.7. The Morgan fingerprint density at radius 2 is 0.800 bits per heavy atom. The van der Waals surface area contributed by atoms with E-state index < -0.39 is 5.41 Å². The van der Waals surface area contributed by atoms with Crippen molar-refractivity contribution in [3.05, 3.63) is 221 Å². The molecule has 0 unspecified atom stereocenters. The van der Waals surface area contributed by atoms with Gasteiger partial charge in [-0.2, -0.15) is 0 Å². The third kappa shape index (κ3) is 4.56. The van der Waals surface area contributed by atoms with E-state index in [4.69, 9.17) is 9.47 Å². The van der Waals surface area contributed by atoms with Crippen LogP contribution < -0.4 is 14.4 Å². The molecule has 0 bridgehead atoms. The molecule has 1 aliphatic carbocycles. The van der Waals surface area contributed by atoms with Crippen LogP contribution in [0, 0.1) is 0 Å². The van der Waals surface area contributed by atoms with E-state index in [2.05, 4.69) is 195 Å². The Kier molecular flexibility index (Phi) is 6.81. The second-order valence-corrected chi connectivity index (χ2v) is 15.3. The molecule has 0 atom stereocenters. The predicted octanol–water partition coefficient (Wildman–Crippen LogP) is 13.7. The van der Waals surface area contributed by atoms with Crippen molar-refractivity contribution >= 4 is 17.1 Å². The van der Waals surface area contributed by atoms with Gasteiger partial charge in [-0.15, -0.1) is 0 Å². The molecule has 8 aromatic rings. The molecule has 0 saturated heterocycles. The largest absolute Gasteiger partial charge is 0.457 e. The molecule has 0 aromatic heterocycles. The first-order valence-electron chi connectivity index (χ1n) is 19.0. The van der Waals surface area contributed by atoms with Crippen LogP contribution in [-0.2, 0) is 10.8 Å². The fourth-order valence-electron chi connectivity index (χ4n) is 9.46.